The first-order valence-corrected chi connectivity index (χ1v) is 8.00. The first-order valence-electron chi connectivity index (χ1n) is 7.02. The number of hydrogen-bond acceptors (Lipinski definition) is 6. The fraction of sp³-hybridized carbons (Fsp3) is 0.250. The second-order valence-electron chi connectivity index (χ2n) is 4.99. The van der Waals surface area contributed by atoms with E-state index in [2.05, 4.69) is 20.5 Å². The zero-order chi connectivity index (χ0) is 16.7. The minimum Gasteiger partial charge on any atom is -0.439 e. The maximum absolute atomic E-state index is 11.6. The van der Waals surface area contributed by atoms with Crippen LogP contribution in [0.15, 0.2) is 46.8 Å². The standard InChI is InChI=1S/C16H18N4O2S/c1-11(2)19-20-14(21)9-23-16-8-15(17-10-18-16)22-13-6-4-12(3)5-7-13/h4-8,10H,9H2,1-3H3,(H,20,21). The summed E-state index contributed by atoms with van der Waals surface area (Å²) in [6.45, 7) is 5.64. The summed E-state index contributed by atoms with van der Waals surface area (Å²) in [4.78, 5) is 19.8. The number of nitrogens with one attached hydrogen (secondary N) is 1. The minimum atomic E-state index is -0.184. The minimum absolute atomic E-state index is 0.184. The number of nitrogens with zero attached hydrogens (tertiary/aromatic N) is 3. The average molecular weight is 330 g/mol. The molecule has 0 aliphatic rings. The van der Waals surface area contributed by atoms with Crippen molar-refractivity contribution < 1.29 is 9.53 Å². The van der Waals surface area contributed by atoms with Gasteiger partial charge in [0.05, 0.1) is 5.75 Å². The number of thioether (sulfide) groups is 1. The summed E-state index contributed by atoms with van der Waals surface area (Å²) in [5.41, 5.74) is 4.42. The number of aromatic nitrogens is 2. The molecule has 2 aromatic rings. The van der Waals surface area contributed by atoms with E-state index in [4.69, 9.17) is 4.74 Å². The van der Waals surface area contributed by atoms with Crippen LogP contribution >= 0.6 is 11.8 Å². The Morgan fingerprint density at radius 2 is 2.00 bits per heavy atom. The van der Waals surface area contributed by atoms with Crippen molar-refractivity contribution in [2.45, 2.75) is 25.8 Å². The van der Waals surface area contributed by atoms with Gasteiger partial charge in [-0.15, -0.1) is 0 Å². The molecule has 120 valence electrons. The molecule has 0 saturated heterocycles. The van der Waals surface area contributed by atoms with Gasteiger partial charge < -0.3 is 4.74 Å². The molecule has 0 unspecified atom stereocenters. The van der Waals surface area contributed by atoms with Gasteiger partial charge in [0.1, 0.15) is 17.1 Å². The fourth-order valence-corrected chi connectivity index (χ4v) is 2.18. The number of amides is 1. The molecular weight excluding hydrogens is 312 g/mol. The number of carbonyl (C=O) groups excluding carboxylic acids is 1. The normalized spacial score (nSPS) is 10.0. The third-order valence-corrected chi connectivity index (χ3v) is 3.54. The summed E-state index contributed by atoms with van der Waals surface area (Å²) in [7, 11) is 0. The lowest BCUT2D eigenvalue weighted by Gasteiger charge is -2.06. The zero-order valence-electron chi connectivity index (χ0n) is 13.2. The molecule has 0 radical (unpaired) electrons. The van der Waals surface area contributed by atoms with E-state index in [0.717, 1.165) is 11.3 Å². The quantitative estimate of drug-likeness (QED) is 0.381. The van der Waals surface area contributed by atoms with E-state index < -0.39 is 0 Å². The van der Waals surface area contributed by atoms with Crippen molar-refractivity contribution in [1.82, 2.24) is 15.4 Å². The molecule has 23 heavy (non-hydrogen) atoms. The number of ether oxygens (including phenoxy) is 1. The van der Waals surface area contributed by atoms with Gasteiger partial charge in [0.15, 0.2) is 0 Å². The molecule has 1 aromatic heterocycles. The largest absolute Gasteiger partial charge is 0.439 e. The second kappa shape index (κ2) is 8.28. The molecule has 0 fully saturated rings. The first-order chi connectivity index (χ1) is 11.0. The summed E-state index contributed by atoms with van der Waals surface area (Å²) in [6.07, 6.45) is 1.41. The lowest BCUT2D eigenvalue weighted by Crippen LogP contribution is -2.20. The number of hydrazone groups is 1. The van der Waals surface area contributed by atoms with Gasteiger partial charge in [0.2, 0.25) is 11.8 Å². The van der Waals surface area contributed by atoms with Crippen LogP contribution in [0.4, 0.5) is 0 Å². The third-order valence-electron chi connectivity index (χ3n) is 2.62. The topological polar surface area (TPSA) is 76.5 Å². The Morgan fingerprint density at radius 1 is 1.26 bits per heavy atom. The molecule has 1 heterocycles. The zero-order valence-corrected chi connectivity index (χ0v) is 14.1. The predicted octanol–water partition coefficient (Wildman–Crippen LogP) is 3.18. The lowest BCUT2D eigenvalue weighted by atomic mass is 10.2. The summed E-state index contributed by atoms with van der Waals surface area (Å²) in [5, 5.41) is 4.53. The number of rotatable bonds is 6. The number of hydrogen-bond donors (Lipinski definition) is 1. The monoisotopic (exact) mass is 330 g/mol. The van der Waals surface area contributed by atoms with Crippen LogP contribution in [0.3, 0.4) is 0 Å². The molecule has 1 amide bonds. The summed E-state index contributed by atoms with van der Waals surface area (Å²) < 4.78 is 5.67. The number of carbonyl (C=O) groups is 1. The predicted molar refractivity (Wildman–Crippen MR) is 90.9 cm³/mol. The van der Waals surface area contributed by atoms with Crippen molar-refractivity contribution in [3.8, 4) is 11.6 Å². The van der Waals surface area contributed by atoms with Crippen molar-refractivity contribution >= 4 is 23.4 Å². The van der Waals surface area contributed by atoms with Gasteiger partial charge in [-0.05, 0) is 32.9 Å². The van der Waals surface area contributed by atoms with Gasteiger partial charge in [0, 0.05) is 11.8 Å². The van der Waals surface area contributed by atoms with Crippen molar-refractivity contribution in [1.29, 1.82) is 0 Å². The maximum atomic E-state index is 11.6. The van der Waals surface area contributed by atoms with Crippen LogP contribution in [0.1, 0.15) is 19.4 Å². The van der Waals surface area contributed by atoms with Crippen LogP contribution in [-0.4, -0.2) is 27.3 Å². The summed E-state index contributed by atoms with van der Waals surface area (Å²) in [5.74, 6) is 1.18. The van der Waals surface area contributed by atoms with E-state index in [-0.39, 0.29) is 11.7 Å². The maximum Gasteiger partial charge on any atom is 0.250 e. The van der Waals surface area contributed by atoms with Crippen molar-refractivity contribution in [2.75, 3.05) is 5.75 Å². The van der Waals surface area contributed by atoms with Gasteiger partial charge >= 0.3 is 0 Å². The molecule has 1 N–H and O–H groups in total. The molecule has 2 rings (SSSR count). The third kappa shape index (κ3) is 6.07. The van der Waals surface area contributed by atoms with Crippen LogP contribution in [0.5, 0.6) is 11.6 Å². The van der Waals surface area contributed by atoms with Gasteiger partial charge in [0.25, 0.3) is 0 Å². The Morgan fingerprint density at radius 3 is 2.70 bits per heavy atom. The summed E-state index contributed by atoms with van der Waals surface area (Å²) in [6, 6.07) is 9.39. The van der Waals surface area contributed by atoms with E-state index in [1.54, 1.807) is 6.07 Å². The average Bonchev–Trinajstić information content (AvgIpc) is 2.53. The van der Waals surface area contributed by atoms with Gasteiger partial charge in [-0.2, -0.15) is 5.10 Å². The van der Waals surface area contributed by atoms with Gasteiger partial charge in [-0.25, -0.2) is 15.4 Å². The highest BCUT2D eigenvalue weighted by atomic mass is 32.2. The SMILES string of the molecule is CC(C)=NNC(=O)CSc1cc(Oc2ccc(C)cc2)ncn1. The highest BCUT2D eigenvalue weighted by molar-refractivity contribution is 7.99. The Labute approximate surface area is 139 Å². The number of benzene rings is 1. The van der Waals surface area contributed by atoms with Crippen molar-refractivity contribution in [2.24, 2.45) is 5.10 Å². The molecule has 7 heteroatoms. The molecule has 0 bridgehead atoms. The highest BCUT2D eigenvalue weighted by Crippen LogP contribution is 2.23. The molecule has 0 saturated carbocycles. The molecular formula is C16H18N4O2S. The molecule has 0 atom stereocenters. The Kier molecular flexibility index (Phi) is 6.10. The number of aryl methyl sites for hydroxylation is 1. The van der Waals surface area contributed by atoms with E-state index in [9.17, 15) is 4.79 Å². The Hall–Kier alpha value is -2.41. The summed E-state index contributed by atoms with van der Waals surface area (Å²) >= 11 is 1.29. The lowest BCUT2D eigenvalue weighted by molar-refractivity contribution is -0.118. The second-order valence-corrected chi connectivity index (χ2v) is 5.99. The van der Waals surface area contributed by atoms with Gasteiger partial charge in [-0.3, -0.25) is 4.79 Å². The highest BCUT2D eigenvalue weighted by Gasteiger charge is 2.06. The van der Waals surface area contributed by atoms with Crippen LogP contribution in [0.2, 0.25) is 0 Å². The fourth-order valence-electron chi connectivity index (χ4n) is 1.53. The molecule has 6 nitrogen and oxygen atoms in total. The van der Waals surface area contributed by atoms with E-state index in [0.29, 0.717) is 16.7 Å². The first kappa shape index (κ1) is 17.0. The van der Waals surface area contributed by atoms with Crippen molar-refractivity contribution in [3.05, 3.63) is 42.2 Å². The molecule has 1 aromatic carbocycles. The van der Waals surface area contributed by atoms with Crippen LogP contribution in [0, 0.1) is 6.92 Å². The smallest absolute Gasteiger partial charge is 0.250 e. The van der Waals surface area contributed by atoms with Gasteiger partial charge in [-0.1, -0.05) is 29.5 Å². The molecule has 0 aliphatic carbocycles. The van der Waals surface area contributed by atoms with Crippen LogP contribution in [-0.2, 0) is 4.79 Å². The van der Waals surface area contributed by atoms with E-state index >= 15 is 0 Å². The van der Waals surface area contributed by atoms with Crippen molar-refractivity contribution in [3.63, 3.8) is 0 Å². The Bertz CT molecular complexity index is 697. The van der Waals surface area contributed by atoms with Crippen LogP contribution < -0.4 is 10.2 Å². The molecule has 0 aliphatic heterocycles. The Balaban J connectivity index is 1.93. The van der Waals surface area contributed by atoms with E-state index in [1.807, 2.05) is 45.0 Å². The van der Waals surface area contributed by atoms with E-state index in [1.165, 1.54) is 18.1 Å². The molecule has 0 spiro atoms. The van der Waals surface area contributed by atoms with Crippen LogP contribution in [0.25, 0.3) is 0 Å².